The van der Waals surface area contributed by atoms with Crippen molar-refractivity contribution >= 4 is 28.3 Å². The van der Waals surface area contributed by atoms with Gasteiger partial charge < -0.3 is 10.5 Å². The SMILES string of the molecule is NC1=NN=C(CCCCOCc2ccccc2[N+](=O)[O-])CS1. The largest absolute Gasteiger partial charge is 0.377 e. The van der Waals surface area contributed by atoms with Crippen molar-refractivity contribution in [3.05, 3.63) is 39.9 Å². The molecule has 22 heavy (non-hydrogen) atoms. The predicted octanol–water partition coefficient (Wildman–Crippen LogP) is 2.70. The second kappa shape index (κ2) is 8.50. The van der Waals surface area contributed by atoms with Crippen molar-refractivity contribution < 1.29 is 9.66 Å². The van der Waals surface area contributed by atoms with E-state index in [0.717, 1.165) is 30.7 Å². The molecule has 0 aromatic heterocycles. The first-order valence-electron chi connectivity index (χ1n) is 6.98. The Morgan fingerprint density at radius 2 is 2.14 bits per heavy atom. The fourth-order valence-corrected chi connectivity index (χ4v) is 2.60. The quantitative estimate of drug-likeness (QED) is 0.450. The minimum atomic E-state index is -0.385. The van der Waals surface area contributed by atoms with Crippen LogP contribution in [0.3, 0.4) is 0 Å². The summed E-state index contributed by atoms with van der Waals surface area (Å²) in [5.41, 5.74) is 7.26. The average Bonchev–Trinajstić information content (AvgIpc) is 2.52. The fourth-order valence-electron chi connectivity index (χ4n) is 1.98. The molecule has 0 unspecified atom stereocenters. The highest BCUT2D eigenvalue weighted by Crippen LogP contribution is 2.18. The van der Waals surface area contributed by atoms with Crippen molar-refractivity contribution in [1.82, 2.24) is 0 Å². The van der Waals surface area contributed by atoms with E-state index < -0.39 is 0 Å². The van der Waals surface area contributed by atoms with Crippen molar-refractivity contribution in [3.8, 4) is 0 Å². The van der Waals surface area contributed by atoms with E-state index in [1.165, 1.54) is 17.8 Å². The zero-order valence-corrected chi connectivity index (χ0v) is 12.9. The summed E-state index contributed by atoms with van der Waals surface area (Å²) in [6.07, 6.45) is 2.70. The van der Waals surface area contributed by atoms with Gasteiger partial charge in [0.15, 0.2) is 5.17 Å². The summed E-state index contributed by atoms with van der Waals surface area (Å²) in [5, 5.41) is 19.3. The van der Waals surface area contributed by atoms with Gasteiger partial charge >= 0.3 is 0 Å². The van der Waals surface area contributed by atoms with Crippen LogP contribution >= 0.6 is 11.8 Å². The molecule has 0 saturated heterocycles. The highest BCUT2D eigenvalue weighted by Gasteiger charge is 2.12. The van der Waals surface area contributed by atoms with E-state index in [2.05, 4.69) is 10.2 Å². The van der Waals surface area contributed by atoms with Crippen LogP contribution in [0.4, 0.5) is 5.69 Å². The van der Waals surface area contributed by atoms with Crippen LogP contribution in [0.2, 0.25) is 0 Å². The Balaban J connectivity index is 1.65. The molecule has 0 atom stereocenters. The van der Waals surface area contributed by atoms with Crippen LogP contribution < -0.4 is 5.73 Å². The molecule has 0 fully saturated rings. The average molecular weight is 322 g/mol. The lowest BCUT2D eigenvalue weighted by atomic mass is 10.2. The van der Waals surface area contributed by atoms with Gasteiger partial charge in [0.05, 0.1) is 22.8 Å². The van der Waals surface area contributed by atoms with Crippen molar-refractivity contribution in [3.63, 3.8) is 0 Å². The van der Waals surface area contributed by atoms with E-state index in [1.807, 2.05) is 0 Å². The number of nitro benzene ring substituents is 1. The zero-order chi connectivity index (χ0) is 15.8. The van der Waals surface area contributed by atoms with E-state index in [9.17, 15) is 10.1 Å². The van der Waals surface area contributed by atoms with E-state index in [1.54, 1.807) is 18.2 Å². The van der Waals surface area contributed by atoms with E-state index in [4.69, 9.17) is 10.5 Å². The number of hydrogen-bond donors (Lipinski definition) is 1. The standard InChI is InChI=1S/C14H18N4O3S/c15-14-17-16-12(10-22-14)6-3-4-8-21-9-11-5-1-2-7-13(11)18(19)20/h1-2,5,7H,3-4,6,8-10H2,(H2,15,17). The van der Waals surface area contributed by atoms with E-state index >= 15 is 0 Å². The number of benzene rings is 1. The molecule has 0 radical (unpaired) electrons. The second-order valence-corrected chi connectivity index (χ2v) is 5.78. The smallest absolute Gasteiger partial charge is 0.274 e. The number of thioether (sulfide) groups is 1. The third-order valence-electron chi connectivity index (χ3n) is 3.13. The van der Waals surface area contributed by atoms with Crippen molar-refractivity contribution in [2.45, 2.75) is 25.9 Å². The molecule has 8 heteroatoms. The van der Waals surface area contributed by atoms with Crippen LogP contribution in [0.25, 0.3) is 0 Å². The number of amidine groups is 1. The van der Waals surface area contributed by atoms with Crippen LogP contribution in [0.1, 0.15) is 24.8 Å². The van der Waals surface area contributed by atoms with Crippen molar-refractivity contribution in [1.29, 1.82) is 0 Å². The molecule has 1 aliphatic rings. The molecule has 1 heterocycles. The molecular formula is C14H18N4O3S. The number of nitrogens with zero attached hydrogens (tertiary/aromatic N) is 3. The Morgan fingerprint density at radius 1 is 1.32 bits per heavy atom. The molecule has 0 amide bonds. The topological polar surface area (TPSA) is 103 Å². The number of para-hydroxylation sites is 1. The minimum absolute atomic E-state index is 0.103. The number of rotatable bonds is 8. The van der Waals surface area contributed by atoms with Gasteiger partial charge in [-0.1, -0.05) is 23.9 Å². The lowest BCUT2D eigenvalue weighted by Gasteiger charge is -2.09. The first-order valence-corrected chi connectivity index (χ1v) is 7.97. The molecule has 2 N–H and O–H groups in total. The Morgan fingerprint density at radius 3 is 2.86 bits per heavy atom. The summed E-state index contributed by atoms with van der Waals surface area (Å²) in [7, 11) is 0. The van der Waals surface area contributed by atoms with Gasteiger partial charge in [0.1, 0.15) is 0 Å². The summed E-state index contributed by atoms with van der Waals surface area (Å²) in [6.45, 7) is 0.826. The number of nitro groups is 1. The maximum absolute atomic E-state index is 10.9. The number of hydrogen-bond acceptors (Lipinski definition) is 7. The second-order valence-electron chi connectivity index (χ2n) is 4.79. The highest BCUT2D eigenvalue weighted by atomic mass is 32.2. The summed E-state index contributed by atoms with van der Waals surface area (Å²) in [6, 6.07) is 6.63. The molecule has 1 aromatic carbocycles. The van der Waals surface area contributed by atoms with Gasteiger partial charge in [-0.25, -0.2) is 0 Å². The first-order chi connectivity index (χ1) is 10.7. The molecule has 1 aliphatic heterocycles. The summed E-state index contributed by atoms with van der Waals surface area (Å²) >= 11 is 1.50. The zero-order valence-electron chi connectivity index (χ0n) is 12.1. The molecule has 2 rings (SSSR count). The predicted molar refractivity (Wildman–Crippen MR) is 88.1 cm³/mol. The molecule has 0 aliphatic carbocycles. The van der Waals surface area contributed by atoms with Gasteiger partial charge in [0, 0.05) is 18.4 Å². The van der Waals surface area contributed by atoms with Gasteiger partial charge in [-0.15, -0.1) is 5.10 Å². The molecule has 7 nitrogen and oxygen atoms in total. The highest BCUT2D eigenvalue weighted by molar-refractivity contribution is 8.14. The normalized spacial score (nSPS) is 14.4. The Kier molecular flexibility index (Phi) is 6.35. The fraction of sp³-hybridized carbons (Fsp3) is 0.429. The summed E-state index contributed by atoms with van der Waals surface area (Å²) < 4.78 is 5.52. The van der Waals surface area contributed by atoms with Crippen molar-refractivity contribution in [2.24, 2.45) is 15.9 Å². The Hall–Kier alpha value is -1.93. The van der Waals surface area contributed by atoms with E-state index in [0.29, 0.717) is 17.3 Å². The first kappa shape index (κ1) is 16.4. The van der Waals surface area contributed by atoms with Gasteiger partial charge in [-0.3, -0.25) is 10.1 Å². The molecular weight excluding hydrogens is 304 g/mol. The van der Waals surface area contributed by atoms with Gasteiger partial charge in [0.25, 0.3) is 5.69 Å². The molecule has 0 bridgehead atoms. The molecule has 1 aromatic rings. The molecule has 0 spiro atoms. The van der Waals surface area contributed by atoms with Crippen LogP contribution in [-0.4, -0.2) is 28.2 Å². The van der Waals surface area contributed by atoms with Crippen LogP contribution in [0.5, 0.6) is 0 Å². The van der Waals surface area contributed by atoms with E-state index in [-0.39, 0.29) is 17.2 Å². The Labute approximate surface area is 132 Å². The van der Waals surface area contributed by atoms with Crippen LogP contribution in [-0.2, 0) is 11.3 Å². The summed E-state index contributed by atoms with van der Waals surface area (Å²) in [5.74, 6) is 0.798. The van der Waals surface area contributed by atoms with Gasteiger partial charge in [-0.2, -0.15) is 5.10 Å². The number of unbranched alkanes of at least 4 members (excludes halogenated alkanes) is 1. The third kappa shape index (κ3) is 5.12. The molecule has 0 saturated carbocycles. The monoisotopic (exact) mass is 322 g/mol. The molecule has 118 valence electrons. The number of nitrogens with two attached hydrogens (primary N) is 1. The minimum Gasteiger partial charge on any atom is -0.377 e. The van der Waals surface area contributed by atoms with Crippen LogP contribution in [0.15, 0.2) is 34.5 Å². The lowest BCUT2D eigenvalue weighted by molar-refractivity contribution is -0.385. The van der Waals surface area contributed by atoms with Crippen molar-refractivity contribution in [2.75, 3.05) is 12.4 Å². The number of ether oxygens (including phenoxy) is 1. The van der Waals surface area contributed by atoms with Gasteiger partial charge in [-0.05, 0) is 25.3 Å². The maximum atomic E-state index is 10.9. The summed E-state index contributed by atoms with van der Waals surface area (Å²) in [4.78, 5) is 10.5. The van der Waals surface area contributed by atoms with Gasteiger partial charge in [0.2, 0.25) is 0 Å². The van der Waals surface area contributed by atoms with Crippen LogP contribution in [0, 0.1) is 10.1 Å². The Bertz CT molecular complexity index is 589. The maximum Gasteiger partial charge on any atom is 0.274 e. The lowest BCUT2D eigenvalue weighted by Crippen LogP contribution is -2.15. The third-order valence-corrected chi connectivity index (χ3v) is 3.98.